The van der Waals surface area contributed by atoms with Crippen LogP contribution in [0.25, 0.3) is 0 Å². The number of aryl methyl sites for hydroxylation is 1. The van der Waals surface area contributed by atoms with Crippen LogP contribution in [0.15, 0.2) is 30.7 Å². The first kappa shape index (κ1) is 13.8. The molecule has 2 aromatic heterocycles. The molecule has 1 aliphatic heterocycles. The third kappa shape index (κ3) is 3.46. The average Bonchev–Trinajstić information content (AvgIpc) is 2.51. The second kappa shape index (κ2) is 6.05. The molecule has 3 rings (SSSR count). The van der Waals surface area contributed by atoms with Gasteiger partial charge in [0.1, 0.15) is 5.82 Å². The molecule has 1 fully saturated rings. The summed E-state index contributed by atoms with van der Waals surface area (Å²) < 4.78 is 0. The van der Waals surface area contributed by atoms with Crippen molar-refractivity contribution >= 4 is 17.5 Å². The zero-order chi connectivity index (χ0) is 14.7. The van der Waals surface area contributed by atoms with Crippen LogP contribution in [0.5, 0.6) is 0 Å². The number of hydrogen-bond acceptors (Lipinski definition) is 6. The predicted octanol–water partition coefficient (Wildman–Crippen LogP) is 1.68. The van der Waals surface area contributed by atoms with Crippen LogP contribution in [0.2, 0.25) is 0 Å². The molecular formula is C15H20N6. The average molecular weight is 284 g/mol. The van der Waals surface area contributed by atoms with Gasteiger partial charge in [-0.15, -0.1) is 0 Å². The first-order valence-electron chi connectivity index (χ1n) is 7.16. The summed E-state index contributed by atoms with van der Waals surface area (Å²) >= 11 is 0. The molecule has 110 valence electrons. The number of anilines is 3. The van der Waals surface area contributed by atoms with Gasteiger partial charge in [-0.05, 0) is 31.7 Å². The highest BCUT2D eigenvalue weighted by Gasteiger charge is 2.14. The van der Waals surface area contributed by atoms with Crippen molar-refractivity contribution in [1.29, 1.82) is 0 Å². The van der Waals surface area contributed by atoms with E-state index in [4.69, 9.17) is 0 Å². The molecule has 0 saturated carbocycles. The quantitative estimate of drug-likeness (QED) is 0.925. The van der Waals surface area contributed by atoms with E-state index < -0.39 is 0 Å². The maximum Gasteiger partial charge on any atom is 0.227 e. The van der Waals surface area contributed by atoms with Crippen molar-refractivity contribution in [2.45, 2.75) is 6.92 Å². The van der Waals surface area contributed by atoms with E-state index in [1.165, 1.54) is 0 Å². The van der Waals surface area contributed by atoms with Gasteiger partial charge in [-0.2, -0.15) is 0 Å². The smallest absolute Gasteiger partial charge is 0.227 e. The lowest BCUT2D eigenvalue weighted by atomic mass is 10.3. The van der Waals surface area contributed by atoms with Crippen LogP contribution in [-0.2, 0) is 0 Å². The molecule has 0 aromatic carbocycles. The molecule has 1 N–H and O–H groups in total. The number of pyridine rings is 1. The van der Waals surface area contributed by atoms with Crippen molar-refractivity contribution < 1.29 is 0 Å². The van der Waals surface area contributed by atoms with Gasteiger partial charge >= 0.3 is 0 Å². The molecule has 0 atom stereocenters. The van der Waals surface area contributed by atoms with Crippen molar-refractivity contribution in [2.24, 2.45) is 0 Å². The number of hydrogen-bond donors (Lipinski definition) is 1. The molecule has 6 heteroatoms. The standard InChI is InChI=1S/C15H20N6/c1-12-9-17-15(18-10-12)19-13-3-4-14(16-11-13)21-7-5-20(2)6-8-21/h3-4,9-11H,5-8H2,1-2H3,(H,17,18,19). The van der Waals surface area contributed by atoms with Gasteiger partial charge in [0.2, 0.25) is 5.95 Å². The second-order valence-corrected chi connectivity index (χ2v) is 5.40. The molecule has 0 unspecified atom stereocenters. The third-order valence-electron chi connectivity index (χ3n) is 3.61. The molecule has 2 aromatic rings. The number of piperazine rings is 1. The molecule has 21 heavy (non-hydrogen) atoms. The number of rotatable bonds is 3. The number of nitrogens with zero attached hydrogens (tertiary/aromatic N) is 5. The van der Waals surface area contributed by atoms with E-state index in [0.717, 1.165) is 43.2 Å². The Morgan fingerprint density at radius 1 is 0.952 bits per heavy atom. The lowest BCUT2D eigenvalue weighted by molar-refractivity contribution is 0.312. The minimum atomic E-state index is 0.592. The molecule has 0 spiro atoms. The van der Waals surface area contributed by atoms with Crippen LogP contribution in [0.4, 0.5) is 17.5 Å². The molecule has 6 nitrogen and oxygen atoms in total. The van der Waals surface area contributed by atoms with Crippen LogP contribution < -0.4 is 10.2 Å². The predicted molar refractivity (Wildman–Crippen MR) is 84.0 cm³/mol. The third-order valence-corrected chi connectivity index (χ3v) is 3.61. The van der Waals surface area contributed by atoms with Crippen LogP contribution in [-0.4, -0.2) is 53.1 Å². The zero-order valence-electron chi connectivity index (χ0n) is 12.5. The van der Waals surface area contributed by atoms with Gasteiger partial charge in [0.25, 0.3) is 0 Å². The molecule has 1 aliphatic rings. The molecule has 0 amide bonds. The van der Waals surface area contributed by atoms with E-state index in [2.05, 4.69) is 37.1 Å². The van der Waals surface area contributed by atoms with Crippen LogP contribution in [0.1, 0.15) is 5.56 Å². The van der Waals surface area contributed by atoms with Gasteiger partial charge in [0.15, 0.2) is 0 Å². The number of aromatic nitrogens is 3. The lowest BCUT2D eigenvalue weighted by Crippen LogP contribution is -2.44. The second-order valence-electron chi connectivity index (χ2n) is 5.40. The van der Waals surface area contributed by atoms with Crippen molar-refractivity contribution in [3.8, 4) is 0 Å². The van der Waals surface area contributed by atoms with Gasteiger partial charge < -0.3 is 15.1 Å². The Labute approximate surface area is 124 Å². The normalized spacial score (nSPS) is 16.0. The van der Waals surface area contributed by atoms with Crippen LogP contribution in [0, 0.1) is 6.92 Å². The maximum absolute atomic E-state index is 4.53. The topological polar surface area (TPSA) is 57.2 Å². The SMILES string of the molecule is Cc1cnc(Nc2ccc(N3CCN(C)CC3)nc2)nc1. The highest BCUT2D eigenvalue weighted by molar-refractivity contribution is 5.54. The Kier molecular flexibility index (Phi) is 3.96. The fourth-order valence-corrected chi connectivity index (χ4v) is 2.27. The fraction of sp³-hybridized carbons (Fsp3) is 0.400. The van der Waals surface area contributed by atoms with E-state index in [0.29, 0.717) is 5.95 Å². The highest BCUT2D eigenvalue weighted by Crippen LogP contribution is 2.17. The van der Waals surface area contributed by atoms with Crippen LogP contribution in [0.3, 0.4) is 0 Å². The summed E-state index contributed by atoms with van der Waals surface area (Å²) in [4.78, 5) is 17.6. The molecule has 0 bridgehead atoms. The zero-order valence-corrected chi connectivity index (χ0v) is 12.5. The molecular weight excluding hydrogens is 264 g/mol. The van der Waals surface area contributed by atoms with Crippen molar-refractivity contribution in [3.05, 3.63) is 36.3 Å². The highest BCUT2D eigenvalue weighted by atomic mass is 15.3. The van der Waals surface area contributed by atoms with E-state index in [1.807, 2.05) is 25.3 Å². The van der Waals surface area contributed by atoms with Crippen molar-refractivity contribution in [3.63, 3.8) is 0 Å². The Morgan fingerprint density at radius 2 is 1.67 bits per heavy atom. The van der Waals surface area contributed by atoms with Gasteiger partial charge in [-0.3, -0.25) is 0 Å². The van der Waals surface area contributed by atoms with E-state index in [-0.39, 0.29) is 0 Å². The minimum Gasteiger partial charge on any atom is -0.354 e. The minimum absolute atomic E-state index is 0.592. The summed E-state index contributed by atoms with van der Waals surface area (Å²) in [7, 11) is 2.15. The molecule has 0 radical (unpaired) electrons. The molecule has 3 heterocycles. The fourth-order valence-electron chi connectivity index (χ4n) is 2.27. The summed E-state index contributed by atoms with van der Waals surface area (Å²) in [5, 5.41) is 3.16. The lowest BCUT2D eigenvalue weighted by Gasteiger charge is -2.33. The summed E-state index contributed by atoms with van der Waals surface area (Å²) in [5.74, 6) is 1.62. The van der Waals surface area contributed by atoms with E-state index >= 15 is 0 Å². The first-order valence-corrected chi connectivity index (χ1v) is 7.16. The van der Waals surface area contributed by atoms with Gasteiger partial charge in [0.05, 0.1) is 11.9 Å². The Morgan fingerprint density at radius 3 is 2.29 bits per heavy atom. The van der Waals surface area contributed by atoms with Gasteiger partial charge in [0, 0.05) is 38.6 Å². The molecule has 1 saturated heterocycles. The Bertz CT molecular complexity index is 572. The monoisotopic (exact) mass is 284 g/mol. The van der Waals surface area contributed by atoms with Crippen molar-refractivity contribution in [2.75, 3.05) is 43.4 Å². The number of likely N-dealkylation sites (N-methyl/N-ethyl adjacent to an activating group) is 1. The van der Waals surface area contributed by atoms with Crippen LogP contribution >= 0.6 is 0 Å². The van der Waals surface area contributed by atoms with Crippen molar-refractivity contribution in [1.82, 2.24) is 19.9 Å². The largest absolute Gasteiger partial charge is 0.354 e. The molecule has 0 aliphatic carbocycles. The summed E-state index contributed by atoms with van der Waals surface area (Å²) in [6, 6.07) is 4.06. The van der Waals surface area contributed by atoms with E-state index in [9.17, 15) is 0 Å². The van der Waals surface area contributed by atoms with Gasteiger partial charge in [-0.25, -0.2) is 15.0 Å². The van der Waals surface area contributed by atoms with Gasteiger partial charge in [-0.1, -0.05) is 0 Å². The Hall–Kier alpha value is -2.21. The maximum atomic E-state index is 4.53. The summed E-state index contributed by atoms with van der Waals surface area (Å²) in [6.07, 6.45) is 5.42. The summed E-state index contributed by atoms with van der Waals surface area (Å²) in [6.45, 7) is 6.18. The van der Waals surface area contributed by atoms with E-state index in [1.54, 1.807) is 12.4 Å². The Balaban J connectivity index is 1.65. The summed E-state index contributed by atoms with van der Waals surface area (Å²) in [5.41, 5.74) is 1.95. The first-order chi connectivity index (χ1) is 10.2. The number of nitrogens with one attached hydrogen (secondary N) is 1.